The molecule has 4 nitrogen and oxygen atoms in total. The molecule has 0 fully saturated rings. The molecule has 0 heterocycles. The lowest BCUT2D eigenvalue weighted by Crippen LogP contribution is -2.30. The number of nitrogens with two attached hydrogens (primary N) is 2. The van der Waals surface area contributed by atoms with Gasteiger partial charge in [-0.1, -0.05) is 13.2 Å². The van der Waals surface area contributed by atoms with E-state index < -0.39 is 0 Å². The molecule has 6 N–H and O–H groups in total. The fourth-order valence-electron chi connectivity index (χ4n) is 0.446. The predicted molar refractivity (Wildman–Crippen MR) is 42.7 cm³/mol. The molecule has 0 saturated heterocycles. The van der Waals surface area contributed by atoms with Crippen molar-refractivity contribution in [3.63, 3.8) is 0 Å². The molecule has 0 saturated carbocycles. The quantitative estimate of drug-likeness (QED) is 0.372. The van der Waals surface area contributed by atoms with Gasteiger partial charge in [-0.3, -0.25) is 0 Å². The van der Waals surface area contributed by atoms with E-state index in [1.165, 1.54) is 0 Å². The molecule has 0 bridgehead atoms. The van der Waals surface area contributed by atoms with E-state index in [-0.39, 0.29) is 0 Å². The van der Waals surface area contributed by atoms with Gasteiger partial charge in [0.25, 0.3) is 0 Å². The third kappa shape index (κ3) is 6.68. The minimum Gasteiger partial charge on any atom is -0.386 e. The van der Waals surface area contributed by atoms with Crippen LogP contribution < -0.4 is 22.1 Å². The summed E-state index contributed by atoms with van der Waals surface area (Å²) in [4.78, 5) is 0. The minimum atomic E-state index is 0.462. The van der Waals surface area contributed by atoms with E-state index >= 15 is 0 Å². The Balaban J connectivity index is 3.06. The van der Waals surface area contributed by atoms with E-state index in [0.717, 1.165) is 0 Å². The normalized spacial score (nSPS) is 8.40. The van der Waals surface area contributed by atoms with E-state index in [9.17, 15) is 0 Å². The first-order chi connectivity index (χ1) is 4.63. The van der Waals surface area contributed by atoms with Crippen molar-refractivity contribution >= 4 is 0 Å². The molecular weight excluding hydrogens is 128 g/mol. The Morgan fingerprint density at radius 1 is 1.00 bits per heavy atom. The van der Waals surface area contributed by atoms with Crippen LogP contribution >= 0.6 is 0 Å². The smallest absolute Gasteiger partial charge is 0.0886 e. The van der Waals surface area contributed by atoms with E-state index in [2.05, 4.69) is 23.8 Å². The Kier molecular flexibility index (Phi) is 3.95. The zero-order chi connectivity index (χ0) is 7.98. The van der Waals surface area contributed by atoms with Crippen molar-refractivity contribution in [2.45, 2.75) is 0 Å². The van der Waals surface area contributed by atoms with Gasteiger partial charge in [0, 0.05) is 13.1 Å². The summed E-state index contributed by atoms with van der Waals surface area (Å²) in [5, 5.41) is 5.65. The molecule has 0 aromatic rings. The average Bonchev–Trinajstić information content (AvgIpc) is 1.79. The summed E-state index contributed by atoms with van der Waals surface area (Å²) in [6.07, 6.45) is 0. The predicted octanol–water partition coefficient (Wildman–Crippen LogP) is -0.975. The maximum Gasteiger partial charge on any atom is 0.0886 e. The van der Waals surface area contributed by atoms with E-state index in [1.807, 2.05) is 0 Å². The molecule has 0 rings (SSSR count). The molecule has 0 aliphatic carbocycles. The lowest BCUT2D eigenvalue weighted by atomic mass is 10.6. The summed E-state index contributed by atoms with van der Waals surface area (Å²) in [6.45, 7) is 8.31. The molecule has 0 aromatic carbocycles. The van der Waals surface area contributed by atoms with Crippen LogP contribution in [0, 0.1) is 0 Å². The standard InChI is InChI=1S/C6H14N4/c1-5(7)9-3-4-10-6(2)8/h9-10H,1-4,7-8H2. The van der Waals surface area contributed by atoms with Crippen molar-refractivity contribution in [2.75, 3.05) is 13.1 Å². The summed E-state index contributed by atoms with van der Waals surface area (Å²) < 4.78 is 0. The molecule has 0 atom stereocenters. The Labute approximate surface area is 61.0 Å². The number of hydrogen-bond acceptors (Lipinski definition) is 4. The van der Waals surface area contributed by atoms with Crippen LogP contribution in [-0.2, 0) is 0 Å². The van der Waals surface area contributed by atoms with Crippen LogP contribution in [0.15, 0.2) is 24.8 Å². The highest BCUT2D eigenvalue weighted by Crippen LogP contribution is 1.67. The van der Waals surface area contributed by atoms with Crippen molar-refractivity contribution in [3.8, 4) is 0 Å². The first-order valence-electron chi connectivity index (χ1n) is 2.99. The SMILES string of the molecule is C=C(N)NCCNC(=C)N. The Morgan fingerprint density at radius 2 is 1.30 bits per heavy atom. The molecule has 0 unspecified atom stereocenters. The first kappa shape index (κ1) is 8.68. The summed E-state index contributed by atoms with van der Waals surface area (Å²) in [6, 6.07) is 0. The topological polar surface area (TPSA) is 76.1 Å². The van der Waals surface area contributed by atoms with Crippen LogP contribution in [0.4, 0.5) is 0 Å². The first-order valence-corrected chi connectivity index (χ1v) is 2.99. The van der Waals surface area contributed by atoms with Gasteiger partial charge in [-0.2, -0.15) is 0 Å². The maximum atomic E-state index is 5.22. The number of hydrogen-bond donors (Lipinski definition) is 4. The highest BCUT2D eigenvalue weighted by atomic mass is 15.0. The van der Waals surface area contributed by atoms with E-state index in [1.54, 1.807) is 0 Å². The third-order valence-electron chi connectivity index (χ3n) is 0.829. The van der Waals surface area contributed by atoms with Gasteiger partial charge in [0.2, 0.25) is 0 Å². The number of rotatable bonds is 5. The van der Waals surface area contributed by atoms with Gasteiger partial charge in [-0.25, -0.2) is 0 Å². The lowest BCUT2D eigenvalue weighted by Gasteiger charge is -2.06. The van der Waals surface area contributed by atoms with Crippen molar-refractivity contribution in [1.29, 1.82) is 0 Å². The molecule has 58 valence electrons. The second-order valence-electron chi connectivity index (χ2n) is 1.90. The zero-order valence-corrected chi connectivity index (χ0v) is 5.98. The zero-order valence-electron chi connectivity index (χ0n) is 5.98. The summed E-state index contributed by atoms with van der Waals surface area (Å²) in [5.41, 5.74) is 10.4. The molecule has 0 spiro atoms. The van der Waals surface area contributed by atoms with Crippen LogP contribution in [0.5, 0.6) is 0 Å². The largest absolute Gasteiger partial charge is 0.386 e. The highest BCUT2D eigenvalue weighted by Gasteiger charge is 1.84. The second-order valence-corrected chi connectivity index (χ2v) is 1.90. The Bertz CT molecular complexity index is 114. The van der Waals surface area contributed by atoms with Crippen LogP contribution in [-0.4, -0.2) is 13.1 Å². The van der Waals surface area contributed by atoms with E-state index in [0.29, 0.717) is 24.7 Å². The molecule has 0 aromatic heterocycles. The van der Waals surface area contributed by atoms with Crippen LogP contribution in [0.3, 0.4) is 0 Å². The Hall–Kier alpha value is -1.32. The molecular formula is C6H14N4. The van der Waals surface area contributed by atoms with Crippen molar-refractivity contribution < 1.29 is 0 Å². The van der Waals surface area contributed by atoms with Gasteiger partial charge in [0.05, 0.1) is 11.6 Å². The average molecular weight is 142 g/mol. The highest BCUT2D eigenvalue weighted by molar-refractivity contribution is 4.85. The molecule has 10 heavy (non-hydrogen) atoms. The van der Waals surface area contributed by atoms with Crippen molar-refractivity contribution in [1.82, 2.24) is 10.6 Å². The van der Waals surface area contributed by atoms with Gasteiger partial charge in [-0.05, 0) is 0 Å². The monoisotopic (exact) mass is 142 g/mol. The van der Waals surface area contributed by atoms with Gasteiger partial charge < -0.3 is 22.1 Å². The summed E-state index contributed by atoms with van der Waals surface area (Å²) in [5.74, 6) is 0.925. The maximum absolute atomic E-state index is 5.22. The molecule has 0 aliphatic rings. The summed E-state index contributed by atoms with van der Waals surface area (Å²) in [7, 11) is 0. The van der Waals surface area contributed by atoms with Crippen LogP contribution in [0.2, 0.25) is 0 Å². The van der Waals surface area contributed by atoms with Crippen LogP contribution in [0.25, 0.3) is 0 Å². The third-order valence-corrected chi connectivity index (χ3v) is 0.829. The van der Waals surface area contributed by atoms with E-state index in [4.69, 9.17) is 11.5 Å². The van der Waals surface area contributed by atoms with Gasteiger partial charge >= 0.3 is 0 Å². The fraction of sp³-hybridized carbons (Fsp3) is 0.333. The Morgan fingerprint density at radius 3 is 1.50 bits per heavy atom. The minimum absolute atomic E-state index is 0.462. The van der Waals surface area contributed by atoms with Crippen molar-refractivity contribution in [3.05, 3.63) is 24.8 Å². The number of nitrogens with one attached hydrogen (secondary N) is 2. The van der Waals surface area contributed by atoms with Gasteiger partial charge in [0.15, 0.2) is 0 Å². The second kappa shape index (κ2) is 4.55. The van der Waals surface area contributed by atoms with Crippen LogP contribution in [0.1, 0.15) is 0 Å². The summed E-state index contributed by atoms with van der Waals surface area (Å²) >= 11 is 0. The lowest BCUT2D eigenvalue weighted by molar-refractivity contribution is 0.711. The molecule has 4 heteroatoms. The van der Waals surface area contributed by atoms with Crippen molar-refractivity contribution in [2.24, 2.45) is 11.5 Å². The molecule has 0 amide bonds. The van der Waals surface area contributed by atoms with Gasteiger partial charge in [0.1, 0.15) is 0 Å². The molecule has 0 radical (unpaired) electrons. The molecule has 0 aliphatic heterocycles. The van der Waals surface area contributed by atoms with Gasteiger partial charge in [-0.15, -0.1) is 0 Å². The fourth-order valence-corrected chi connectivity index (χ4v) is 0.446.